The van der Waals surface area contributed by atoms with Gasteiger partial charge in [0.15, 0.2) is 0 Å². The van der Waals surface area contributed by atoms with Gasteiger partial charge in [0.1, 0.15) is 0 Å². The standard InChI is InChI=1S/C18H25N3O2/c1-19-11-13-3-2-10-21(12-13)18(23)15-6-8-16(9-7-15)20-17(22)14-4-5-14/h6-9,13-14,19H,2-5,10-12H2,1H3,(H,20,22). The summed E-state index contributed by atoms with van der Waals surface area (Å²) < 4.78 is 0. The third kappa shape index (κ3) is 4.10. The molecule has 1 unspecified atom stereocenters. The third-order valence-corrected chi connectivity index (χ3v) is 4.65. The van der Waals surface area contributed by atoms with Crippen molar-refractivity contribution >= 4 is 17.5 Å². The van der Waals surface area contributed by atoms with Gasteiger partial charge in [0.2, 0.25) is 5.91 Å². The zero-order valence-electron chi connectivity index (χ0n) is 13.7. The minimum absolute atomic E-state index is 0.0888. The van der Waals surface area contributed by atoms with Gasteiger partial charge in [0.05, 0.1) is 0 Å². The lowest BCUT2D eigenvalue weighted by Gasteiger charge is -2.32. The van der Waals surface area contributed by atoms with Gasteiger partial charge in [-0.3, -0.25) is 9.59 Å². The predicted octanol–water partition coefficient (Wildman–Crippen LogP) is 2.11. The molecule has 2 aliphatic rings. The fourth-order valence-corrected chi connectivity index (χ4v) is 3.17. The Morgan fingerprint density at radius 1 is 1.17 bits per heavy atom. The molecule has 0 radical (unpaired) electrons. The van der Waals surface area contributed by atoms with Crippen molar-refractivity contribution in [3.8, 4) is 0 Å². The van der Waals surface area contributed by atoms with Gasteiger partial charge in [-0.15, -0.1) is 0 Å². The molecule has 2 fully saturated rings. The minimum Gasteiger partial charge on any atom is -0.338 e. The number of hydrogen-bond acceptors (Lipinski definition) is 3. The van der Waals surface area contributed by atoms with Gasteiger partial charge >= 0.3 is 0 Å². The van der Waals surface area contributed by atoms with Crippen LogP contribution in [0.25, 0.3) is 0 Å². The summed E-state index contributed by atoms with van der Waals surface area (Å²) in [6.07, 6.45) is 4.22. The topological polar surface area (TPSA) is 61.4 Å². The summed E-state index contributed by atoms with van der Waals surface area (Å²) in [7, 11) is 1.95. The molecule has 1 atom stereocenters. The highest BCUT2D eigenvalue weighted by Gasteiger charge is 2.29. The maximum atomic E-state index is 12.6. The van der Waals surface area contributed by atoms with E-state index in [1.54, 1.807) is 0 Å². The Bertz CT molecular complexity index is 564. The van der Waals surface area contributed by atoms with Gasteiger partial charge < -0.3 is 15.5 Å². The lowest BCUT2D eigenvalue weighted by molar-refractivity contribution is -0.117. The largest absolute Gasteiger partial charge is 0.338 e. The highest BCUT2D eigenvalue weighted by atomic mass is 16.2. The molecule has 124 valence electrons. The van der Waals surface area contributed by atoms with E-state index in [1.807, 2.05) is 36.2 Å². The maximum absolute atomic E-state index is 12.6. The summed E-state index contributed by atoms with van der Waals surface area (Å²) >= 11 is 0. The van der Waals surface area contributed by atoms with Crippen LogP contribution in [0.1, 0.15) is 36.0 Å². The number of hydrogen-bond donors (Lipinski definition) is 2. The average molecular weight is 315 g/mol. The molecular weight excluding hydrogens is 290 g/mol. The van der Waals surface area contributed by atoms with Crippen molar-refractivity contribution in [3.05, 3.63) is 29.8 Å². The Hall–Kier alpha value is -1.88. The van der Waals surface area contributed by atoms with Crippen LogP contribution in [0.15, 0.2) is 24.3 Å². The number of carbonyl (C=O) groups is 2. The number of benzene rings is 1. The van der Waals surface area contributed by atoms with Gasteiger partial charge in [-0.1, -0.05) is 0 Å². The fraction of sp³-hybridized carbons (Fsp3) is 0.556. The average Bonchev–Trinajstić information content (AvgIpc) is 3.40. The third-order valence-electron chi connectivity index (χ3n) is 4.65. The van der Waals surface area contributed by atoms with Crippen LogP contribution >= 0.6 is 0 Å². The number of likely N-dealkylation sites (tertiary alicyclic amines) is 1. The number of anilines is 1. The van der Waals surface area contributed by atoms with Gasteiger partial charge in [0.25, 0.3) is 5.91 Å². The summed E-state index contributed by atoms with van der Waals surface area (Å²) in [6, 6.07) is 7.27. The SMILES string of the molecule is CNCC1CCCN(C(=O)c2ccc(NC(=O)C3CC3)cc2)C1. The van der Waals surface area contributed by atoms with Crippen LogP contribution in [0.5, 0.6) is 0 Å². The minimum atomic E-state index is 0.0888. The molecule has 1 aliphatic carbocycles. The van der Waals surface area contributed by atoms with Crippen LogP contribution in [0.4, 0.5) is 5.69 Å². The molecule has 1 heterocycles. The van der Waals surface area contributed by atoms with Crippen molar-refractivity contribution in [2.45, 2.75) is 25.7 Å². The Morgan fingerprint density at radius 2 is 1.91 bits per heavy atom. The molecule has 1 aliphatic heterocycles. The first-order valence-corrected chi connectivity index (χ1v) is 8.52. The molecule has 2 N–H and O–H groups in total. The zero-order chi connectivity index (χ0) is 16.2. The molecule has 2 amide bonds. The Kier molecular flexibility index (Phi) is 4.96. The number of rotatable bonds is 5. The Balaban J connectivity index is 1.59. The van der Waals surface area contributed by atoms with Crippen LogP contribution in [0, 0.1) is 11.8 Å². The molecule has 0 bridgehead atoms. The van der Waals surface area contributed by atoms with Gasteiger partial charge in [0, 0.05) is 30.3 Å². The van der Waals surface area contributed by atoms with Gasteiger partial charge in [-0.25, -0.2) is 0 Å². The number of nitrogens with one attached hydrogen (secondary N) is 2. The Morgan fingerprint density at radius 3 is 2.57 bits per heavy atom. The Labute approximate surface area is 137 Å². The first-order chi connectivity index (χ1) is 11.2. The zero-order valence-corrected chi connectivity index (χ0v) is 13.7. The molecule has 1 aromatic carbocycles. The second-order valence-electron chi connectivity index (χ2n) is 6.66. The van der Waals surface area contributed by atoms with Crippen LogP contribution in [0.3, 0.4) is 0 Å². The number of amides is 2. The van der Waals surface area contributed by atoms with Crippen molar-refractivity contribution < 1.29 is 9.59 Å². The molecule has 1 aromatic rings. The van der Waals surface area contributed by atoms with E-state index in [0.29, 0.717) is 11.5 Å². The number of nitrogens with zero attached hydrogens (tertiary/aromatic N) is 1. The summed E-state index contributed by atoms with van der Waals surface area (Å²) in [6.45, 7) is 2.61. The second kappa shape index (κ2) is 7.13. The molecule has 23 heavy (non-hydrogen) atoms. The summed E-state index contributed by atoms with van der Waals surface area (Å²) in [5, 5.41) is 6.10. The van der Waals surface area contributed by atoms with E-state index in [-0.39, 0.29) is 17.7 Å². The first-order valence-electron chi connectivity index (χ1n) is 8.52. The molecule has 1 saturated carbocycles. The van der Waals surface area contributed by atoms with E-state index in [0.717, 1.165) is 44.6 Å². The summed E-state index contributed by atoms with van der Waals surface area (Å²) in [4.78, 5) is 26.3. The first kappa shape index (κ1) is 16.0. The fourth-order valence-electron chi connectivity index (χ4n) is 3.17. The monoisotopic (exact) mass is 315 g/mol. The lowest BCUT2D eigenvalue weighted by Crippen LogP contribution is -2.42. The quantitative estimate of drug-likeness (QED) is 0.875. The smallest absolute Gasteiger partial charge is 0.253 e. The molecule has 0 aromatic heterocycles. The molecular formula is C18H25N3O2. The summed E-state index contributed by atoms with van der Waals surface area (Å²) in [5.41, 5.74) is 1.46. The normalized spacial score (nSPS) is 21.1. The van der Waals surface area contributed by atoms with Crippen LogP contribution in [-0.2, 0) is 4.79 Å². The van der Waals surface area contributed by atoms with E-state index in [2.05, 4.69) is 10.6 Å². The van der Waals surface area contributed by atoms with E-state index in [4.69, 9.17) is 0 Å². The summed E-state index contributed by atoms with van der Waals surface area (Å²) in [5.74, 6) is 0.907. The number of carbonyl (C=O) groups excluding carboxylic acids is 2. The molecule has 1 saturated heterocycles. The number of piperidine rings is 1. The van der Waals surface area contributed by atoms with Crippen molar-refractivity contribution in [2.75, 3.05) is 32.0 Å². The van der Waals surface area contributed by atoms with Crippen LogP contribution in [0.2, 0.25) is 0 Å². The van der Waals surface area contributed by atoms with Gasteiger partial charge in [-0.2, -0.15) is 0 Å². The van der Waals surface area contributed by atoms with E-state index < -0.39 is 0 Å². The molecule has 5 heteroatoms. The highest BCUT2D eigenvalue weighted by molar-refractivity contribution is 5.96. The molecule has 5 nitrogen and oxygen atoms in total. The van der Waals surface area contributed by atoms with E-state index >= 15 is 0 Å². The molecule has 0 spiro atoms. The molecule has 3 rings (SSSR count). The van der Waals surface area contributed by atoms with Gasteiger partial charge in [-0.05, 0) is 69.5 Å². The predicted molar refractivity (Wildman–Crippen MR) is 90.3 cm³/mol. The van der Waals surface area contributed by atoms with E-state index in [9.17, 15) is 9.59 Å². The van der Waals surface area contributed by atoms with Crippen molar-refractivity contribution in [3.63, 3.8) is 0 Å². The second-order valence-corrected chi connectivity index (χ2v) is 6.66. The van der Waals surface area contributed by atoms with Crippen LogP contribution in [-0.4, -0.2) is 43.4 Å². The van der Waals surface area contributed by atoms with Crippen molar-refractivity contribution in [2.24, 2.45) is 11.8 Å². The van der Waals surface area contributed by atoms with Crippen molar-refractivity contribution in [1.82, 2.24) is 10.2 Å². The lowest BCUT2D eigenvalue weighted by atomic mass is 9.97. The maximum Gasteiger partial charge on any atom is 0.253 e. The highest BCUT2D eigenvalue weighted by Crippen LogP contribution is 2.30. The van der Waals surface area contributed by atoms with E-state index in [1.165, 1.54) is 6.42 Å². The van der Waals surface area contributed by atoms with Crippen molar-refractivity contribution in [1.29, 1.82) is 0 Å². The van der Waals surface area contributed by atoms with Crippen LogP contribution < -0.4 is 10.6 Å².